The normalized spacial score (nSPS) is 31.3. The molecule has 0 aromatic heterocycles. The van der Waals surface area contributed by atoms with Crippen LogP contribution in [-0.2, 0) is 9.84 Å². The van der Waals surface area contributed by atoms with E-state index in [4.69, 9.17) is 0 Å². The Morgan fingerprint density at radius 1 is 1.42 bits per heavy atom. The highest BCUT2D eigenvalue weighted by molar-refractivity contribution is 7.90. The first-order valence-corrected chi connectivity index (χ1v) is 9.43. The van der Waals surface area contributed by atoms with Gasteiger partial charge in [-0.15, -0.1) is 0 Å². The van der Waals surface area contributed by atoms with Crippen molar-refractivity contribution < 1.29 is 8.42 Å². The fourth-order valence-electron chi connectivity index (χ4n) is 2.70. The minimum absolute atomic E-state index is 0.113. The van der Waals surface area contributed by atoms with Gasteiger partial charge in [-0.3, -0.25) is 4.90 Å². The zero-order valence-electron chi connectivity index (χ0n) is 13.1. The Hall–Kier alpha value is -0.130. The van der Waals surface area contributed by atoms with Crippen molar-refractivity contribution in [2.45, 2.75) is 52.1 Å². The summed E-state index contributed by atoms with van der Waals surface area (Å²) >= 11 is 0. The summed E-state index contributed by atoms with van der Waals surface area (Å²) in [6.45, 7) is 11.4. The molecule has 1 saturated heterocycles. The van der Waals surface area contributed by atoms with Crippen molar-refractivity contribution in [3.63, 3.8) is 0 Å². The van der Waals surface area contributed by atoms with E-state index in [2.05, 4.69) is 37.9 Å². The molecule has 114 valence electrons. The number of sulfone groups is 1. The molecule has 3 atom stereocenters. The van der Waals surface area contributed by atoms with Crippen LogP contribution in [0.5, 0.6) is 0 Å². The highest BCUT2D eigenvalue weighted by Crippen LogP contribution is 2.24. The minimum Gasteiger partial charge on any atom is -0.309 e. The third kappa shape index (κ3) is 5.04. The Kier molecular flexibility index (Phi) is 5.83. The summed E-state index contributed by atoms with van der Waals surface area (Å²) in [7, 11) is -2.89. The molecule has 3 unspecified atom stereocenters. The first-order chi connectivity index (χ1) is 8.71. The van der Waals surface area contributed by atoms with Crippen LogP contribution in [0.25, 0.3) is 0 Å². The van der Waals surface area contributed by atoms with Gasteiger partial charge < -0.3 is 5.32 Å². The van der Waals surface area contributed by atoms with Gasteiger partial charge >= 0.3 is 0 Å². The lowest BCUT2D eigenvalue weighted by Gasteiger charge is -2.48. The van der Waals surface area contributed by atoms with E-state index in [1.165, 1.54) is 6.26 Å². The number of hydrogen-bond acceptors (Lipinski definition) is 4. The topological polar surface area (TPSA) is 49.4 Å². The van der Waals surface area contributed by atoms with Crippen molar-refractivity contribution >= 4 is 9.84 Å². The van der Waals surface area contributed by atoms with E-state index < -0.39 is 9.84 Å². The van der Waals surface area contributed by atoms with Crippen molar-refractivity contribution in [3.05, 3.63) is 0 Å². The lowest BCUT2D eigenvalue weighted by Crippen LogP contribution is -2.64. The molecular formula is C14H30N2O2S. The molecule has 1 aliphatic heterocycles. The average molecular weight is 290 g/mol. The molecule has 0 aromatic rings. The number of nitrogens with zero attached hydrogens (tertiary/aromatic N) is 1. The van der Waals surface area contributed by atoms with Crippen LogP contribution >= 0.6 is 0 Å². The van der Waals surface area contributed by atoms with E-state index in [9.17, 15) is 8.42 Å². The summed E-state index contributed by atoms with van der Waals surface area (Å²) < 4.78 is 22.8. The van der Waals surface area contributed by atoms with Gasteiger partial charge in [0.2, 0.25) is 0 Å². The van der Waals surface area contributed by atoms with Crippen molar-refractivity contribution in [2.24, 2.45) is 5.92 Å². The van der Waals surface area contributed by atoms with E-state index in [0.717, 1.165) is 25.9 Å². The van der Waals surface area contributed by atoms with Crippen LogP contribution in [0, 0.1) is 5.92 Å². The zero-order valence-corrected chi connectivity index (χ0v) is 13.9. The monoisotopic (exact) mass is 290 g/mol. The van der Waals surface area contributed by atoms with Crippen molar-refractivity contribution in [3.8, 4) is 0 Å². The molecule has 0 bridgehead atoms. The summed E-state index contributed by atoms with van der Waals surface area (Å²) in [5.41, 5.74) is 0.113. The van der Waals surface area contributed by atoms with E-state index in [1.807, 2.05) is 0 Å². The van der Waals surface area contributed by atoms with Gasteiger partial charge in [-0.2, -0.15) is 0 Å². The predicted octanol–water partition coefficient (Wildman–Crippen LogP) is 1.52. The molecule has 0 aromatic carbocycles. The third-order valence-electron chi connectivity index (χ3n) is 4.59. The van der Waals surface area contributed by atoms with Crippen molar-refractivity contribution in [1.29, 1.82) is 0 Å². The van der Waals surface area contributed by atoms with Gasteiger partial charge in [0.25, 0.3) is 0 Å². The standard InChI is InChI=1S/C14H30N2O2S/c1-6-12(3)13-10-15-14(4,7-2)11-16(13)8-9-19(5,17)18/h12-13,15H,6-11H2,1-5H3. The predicted molar refractivity (Wildman–Crippen MR) is 81.2 cm³/mol. The summed E-state index contributed by atoms with van der Waals surface area (Å²) in [6, 6.07) is 0.450. The Labute approximate surface area is 118 Å². The van der Waals surface area contributed by atoms with E-state index in [1.54, 1.807) is 0 Å². The van der Waals surface area contributed by atoms with Gasteiger partial charge in [-0.25, -0.2) is 8.42 Å². The smallest absolute Gasteiger partial charge is 0.148 e. The van der Waals surface area contributed by atoms with Gasteiger partial charge in [0.15, 0.2) is 0 Å². The van der Waals surface area contributed by atoms with Crippen LogP contribution < -0.4 is 5.32 Å². The molecule has 0 amide bonds. The van der Waals surface area contributed by atoms with Crippen LogP contribution in [-0.4, -0.2) is 56.5 Å². The number of nitrogens with one attached hydrogen (secondary N) is 1. The molecule has 1 aliphatic rings. The molecule has 1 N–H and O–H groups in total. The van der Waals surface area contributed by atoms with E-state index in [0.29, 0.717) is 18.5 Å². The summed E-state index contributed by atoms with van der Waals surface area (Å²) in [5.74, 6) is 0.855. The van der Waals surface area contributed by atoms with Crippen molar-refractivity contribution in [2.75, 3.05) is 31.6 Å². The molecule has 19 heavy (non-hydrogen) atoms. The lowest BCUT2D eigenvalue weighted by atomic mass is 9.88. The highest BCUT2D eigenvalue weighted by Gasteiger charge is 2.36. The first kappa shape index (κ1) is 16.9. The Bertz CT molecular complexity index is 383. The molecule has 4 nitrogen and oxygen atoms in total. The maximum absolute atomic E-state index is 11.4. The second-order valence-electron chi connectivity index (χ2n) is 6.35. The molecule has 1 heterocycles. The average Bonchev–Trinajstić information content (AvgIpc) is 2.35. The van der Waals surface area contributed by atoms with E-state index in [-0.39, 0.29) is 11.3 Å². The molecule has 0 spiro atoms. The van der Waals surface area contributed by atoms with Crippen LogP contribution in [0.2, 0.25) is 0 Å². The fourth-order valence-corrected chi connectivity index (χ4v) is 3.27. The SMILES string of the molecule is CCC(C)C1CNC(C)(CC)CN1CCS(C)(=O)=O. The fraction of sp³-hybridized carbons (Fsp3) is 1.00. The maximum Gasteiger partial charge on any atom is 0.148 e. The molecule has 1 rings (SSSR count). The quantitative estimate of drug-likeness (QED) is 0.806. The molecule has 5 heteroatoms. The second-order valence-corrected chi connectivity index (χ2v) is 8.61. The highest BCUT2D eigenvalue weighted by atomic mass is 32.2. The number of piperazine rings is 1. The van der Waals surface area contributed by atoms with Gasteiger partial charge in [0.1, 0.15) is 9.84 Å². The molecule has 0 radical (unpaired) electrons. The van der Waals surface area contributed by atoms with Crippen LogP contribution in [0.3, 0.4) is 0 Å². The zero-order chi connectivity index (χ0) is 14.7. The largest absolute Gasteiger partial charge is 0.309 e. The van der Waals surface area contributed by atoms with Gasteiger partial charge in [-0.05, 0) is 19.3 Å². The third-order valence-corrected chi connectivity index (χ3v) is 5.51. The van der Waals surface area contributed by atoms with Gasteiger partial charge in [0.05, 0.1) is 5.75 Å². The van der Waals surface area contributed by atoms with Crippen LogP contribution in [0.1, 0.15) is 40.5 Å². The van der Waals surface area contributed by atoms with Crippen molar-refractivity contribution in [1.82, 2.24) is 10.2 Å². The van der Waals surface area contributed by atoms with Crippen LogP contribution in [0.4, 0.5) is 0 Å². The Balaban J connectivity index is 2.76. The number of rotatable bonds is 6. The maximum atomic E-state index is 11.4. The second kappa shape index (κ2) is 6.55. The summed E-state index contributed by atoms with van der Waals surface area (Å²) in [6.07, 6.45) is 3.52. The summed E-state index contributed by atoms with van der Waals surface area (Å²) in [4.78, 5) is 2.38. The molecule has 0 saturated carbocycles. The van der Waals surface area contributed by atoms with Gasteiger partial charge in [0, 0.05) is 37.5 Å². The molecular weight excluding hydrogens is 260 g/mol. The molecule has 0 aliphatic carbocycles. The first-order valence-electron chi connectivity index (χ1n) is 7.37. The van der Waals surface area contributed by atoms with Crippen LogP contribution in [0.15, 0.2) is 0 Å². The lowest BCUT2D eigenvalue weighted by molar-refractivity contribution is 0.0603. The molecule has 1 fully saturated rings. The Morgan fingerprint density at radius 2 is 2.05 bits per heavy atom. The Morgan fingerprint density at radius 3 is 2.53 bits per heavy atom. The van der Waals surface area contributed by atoms with Gasteiger partial charge in [-0.1, -0.05) is 27.2 Å². The summed E-state index contributed by atoms with van der Waals surface area (Å²) in [5, 5.41) is 3.65. The minimum atomic E-state index is -2.89. The number of hydrogen-bond donors (Lipinski definition) is 1. The van der Waals surface area contributed by atoms with E-state index >= 15 is 0 Å².